The second-order valence-electron chi connectivity index (χ2n) is 4.42. The van der Waals surface area contributed by atoms with Crippen LogP contribution in [0, 0.1) is 13.8 Å². The molecule has 0 fully saturated rings. The van der Waals surface area contributed by atoms with Gasteiger partial charge in [0.15, 0.2) is 0 Å². The van der Waals surface area contributed by atoms with E-state index in [2.05, 4.69) is 9.71 Å². The second-order valence-corrected chi connectivity index (χ2v) is 7.50. The lowest BCUT2D eigenvalue weighted by Crippen LogP contribution is -2.23. The zero-order chi connectivity index (χ0) is 14.8. The summed E-state index contributed by atoms with van der Waals surface area (Å²) in [6, 6.07) is 4.72. The first-order chi connectivity index (χ1) is 9.42. The van der Waals surface area contributed by atoms with E-state index in [0.717, 1.165) is 15.4 Å². The number of nitrogens with zero attached hydrogens (tertiary/aromatic N) is 1. The average Bonchev–Trinajstić information content (AvgIpc) is 2.83. The molecule has 0 aliphatic heterocycles. The largest absolute Gasteiger partial charge is 0.392 e. The standard InChI is InChI=1S/C13H16N2O3S2/c1-9-3-4-13(5-11(9)8-16)20(17,18)15-7-12-6-14-10(2)19-12/h3-6,15-16H,7-8H2,1-2H3. The molecule has 5 nitrogen and oxygen atoms in total. The van der Waals surface area contributed by atoms with Gasteiger partial charge in [-0.25, -0.2) is 18.1 Å². The predicted molar refractivity (Wildman–Crippen MR) is 78.0 cm³/mol. The summed E-state index contributed by atoms with van der Waals surface area (Å²) in [7, 11) is -3.58. The van der Waals surface area contributed by atoms with Gasteiger partial charge in [0.2, 0.25) is 10.0 Å². The van der Waals surface area contributed by atoms with Gasteiger partial charge in [-0.3, -0.25) is 0 Å². The highest BCUT2D eigenvalue weighted by Gasteiger charge is 2.15. The number of aliphatic hydroxyl groups is 1. The normalized spacial score (nSPS) is 11.8. The van der Waals surface area contributed by atoms with E-state index in [1.165, 1.54) is 23.5 Å². The summed E-state index contributed by atoms with van der Waals surface area (Å²) in [5.74, 6) is 0. The van der Waals surface area contributed by atoms with Crippen LogP contribution in [0.3, 0.4) is 0 Å². The maximum atomic E-state index is 12.2. The van der Waals surface area contributed by atoms with Gasteiger partial charge in [0.25, 0.3) is 0 Å². The number of thiazole rings is 1. The van der Waals surface area contributed by atoms with Crippen molar-refractivity contribution in [3.63, 3.8) is 0 Å². The minimum Gasteiger partial charge on any atom is -0.392 e. The fourth-order valence-electron chi connectivity index (χ4n) is 1.72. The predicted octanol–water partition coefficient (Wildman–Crippen LogP) is 1.73. The first-order valence-electron chi connectivity index (χ1n) is 6.04. The third kappa shape index (κ3) is 3.43. The van der Waals surface area contributed by atoms with E-state index in [-0.39, 0.29) is 18.0 Å². The van der Waals surface area contributed by atoms with E-state index < -0.39 is 10.0 Å². The number of hydrogen-bond acceptors (Lipinski definition) is 5. The van der Waals surface area contributed by atoms with Crippen molar-refractivity contribution in [3.8, 4) is 0 Å². The number of hydrogen-bond donors (Lipinski definition) is 2. The van der Waals surface area contributed by atoms with Crippen molar-refractivity contribution in [3.05, 3.63) is 45.4 Å². The van der Waals surface area contributed by atoms with Gasteiger partial charge in [0.05, 0.1) is 16.5 Å². The third-order valence-corrected chi connectivity index (χ3v) is 5.22. The van der Waals surface area contributed by atoms with Crippen molar-refractivity contribution in [2.45, 2.75) is 31.9 Å². The Morgan fingerprint density at radius 2 is 2.10 bits per heavy atom. The van der Waals surface area contributed by atoms with Crippen LogP contribution in [-0.2, 0) is 23.2 Å². The molecule has 0 amide bonds. The van der Waals surface area contributed by atoms with Crippen LogP contribution in [0.1, 0.15) is 21.0 Å². The van der Waals surface area contributed by atoms with E-state index in [1.54, 1.807) is 12.3 Å². The molecule has 0 aliphatic rings. The summed E-state index contributed by atoms with van der Waals surface area (Å²) in [4.78, 5) is 5.10. The number of aliphatic hydroxyl groups excluding tert-OH is 1. The van der Waals surface area contributed by atoms with E-state index >= 15 is 0 Å². The molecule has 20 heavy (non-hydrogen) atoms. The lowest BCUT2D eigenvalue weighted by molar-refractivity contribution is 0.280. The van der Waals surface area contributed by atoms with Crippen molar-refractivity contribution in [1.29, 1.82) is 0 Å². The zero-order valence-corrected chi connectivity index (χ0v) is 12.9. The molecule has 0 saturated heterocycles. The minimum atomic E-state index is -3.58. The molecule has 108 valence electrons. The Hall–Kier alpha value is -1.28. The molecule has 0 atom stereocenters. The Balaban J connectivity index is 2.17. The topological polar surface area (TPSA) is 79.3 Å². The molecule has 1 aromatic heterocycles. The van der Waals surface area contributed by atoms with E-state index in [9.17, 15) is 13.5 Å². The summed E-state index contributed by atoms with van der Waals surface area (Å²) in [5.41, 5.74) is 1.48. The fourth-order valence-corrected chi connectivity index (χ4v) is 3.60. The van der Waals surface area contributed by atoms with Gasteiger partial charge in [0.1, 0.15) is 0 Å². The summed E-state index contributed by atoms with van der Waals surface area (Å²) in [6.07, 6.45) is 1.66. The van der Waals surface area contributed by atoms with Crippen molar-refractivity contribution < 1.29 is 13.5 Å². The molecule has 1 aromatic carbocycles. The molecule has 0 saturated carbocycles. The highest BCUT2D eigenvalue weighted by molar-refractivity contribution is 7.89. The van der Waals surface area contributed by atoms with Gasteiger partial charge in [-0.15, -0.1) is 11.3 Å². The van der Waals surface area contributed by atoms with Crippen LogP contribution in [0.4, 0.5) is 0 Å². The van der Waals surface area contributed by atoms with Gasteiger partial charge in [0, 0.05) is 17.6 Å². The van der Waals surface area contributed by atoms with Crippen molar-refractivity contribution in [2.75, 3.05) is 0 Å². The monoisotopic (exact) mass is 312 g/mol. The summed E-state index contributed by atoms with van der Waals surface area (Å²) < 4.78 is 26.9. The van der Waals surface area contributed by atoms with Crippen molar-refractivity contribution in [2.24, 2.45) is 0 Å². The summed E-state index contributed by atoms with van der Waals surface area (Å²) in [5, 5.41) is 10.1. The van der Waals surface area contributed by atoms with E-state index in [1.807, 2.05) is 13.8 Å². The van der Waals surface area contributed by atoms with Crippen LogP contribution >= 0.6 is 11.3 Å². The van der Waals surface area contributed by atoms with Gasteiger partial charge in [-0.1, -0.05) is 6.07 Å². The van der Waals surface area contributed by atoms with Crippen LogP contribution in [0.2, 0.25) is 0 Å². The highest BCUT2D eigenvalue weighted by Crippen LogP contribution is 2.17. The molecule has 0 unspecified atom stereocenters. The third-order valence-electron chi connectivity index (χ3n) is 2.91. The Morgan fingerprint density at radius 1 is 1.35 bits per heavy atom. The lowest BCUT2D eigenvalue weighted by Gasteiger charge is -2.08. The van der Waals surface area contributed by atoms with Crippen molar-refractivity contribution in [1.82, 2.24) is 9.71 Å². The molecule has 2 N–H and O–H groups in total. The van der Waals surface area contributed by atoms with Crippen LogP contribution in [0.15, 0.2) is 29.3 Å². The van der Waals surface area contributed by atoms with Crippen LogP contribution < -0.4 is 4.72 Å². The molecule has 2 rings (SSSR count). The first-order valence-corrected chi connectivity index (χ1v) is 8.33. The quantitative estimate of drug-likeness (QED) is 0.881. The summed E-state index contributed by atoms with van der Waals surface area (Å²) >= 11 is 1.46. The van der Waals surface area contributed by atoms with E-state index in [4.69, 9.17) is 0 Å². The first kappa shape index (κ1) is 15.1. The smallest absolute Gasteiger partial charge is 0.240 e. The lowest BCUT2D eigenvalue weighted by atomic mass is 10.1. The number of aromatic nitrogens is 1. The summed E-state index contributed by atoms with van der Waals surface area (Å²) in [6.45, 7) is 3.74. The molecule has 2 aromatic rings. The highest BCUT2D eigenvalue weighted by atomic mass is 32.2. The van der Waals surface area contributed by atoms with Crippen LogP contribution in [0.5, 0.6) is 0 Å². The Bertz CT molecular complexity index is 708. The maximum absolute atomic E-state index is 12.2. The van der Waals surface area contributed by atoms with Gasteiger partial charge in [-0.05, 0) is 37.1 Å². The molecule has 0 bridgehead atoms. The number of rotatable bonds is 5. The number of benzene rings is 1. The molecule has 7 heteroatoms. The molecular formula is C13H16N2O3S2. The minimum absolute atomic E-state index is 0.161. The molecule has 0 radical (unpaired) electrons. The molecule has 0 spiro atoms. The molecular weight excluding hydrogens is 296 g/mol. The fraction of sp³-hybridized carbons (Fsp3) is 0.308. The number of sulfonamides is 1. The van der Waals surface area contributed by atoms with Crippen LogP contribution in [0.25, 0.3) is 0 Å². The maximum Gasteiger partial charge on any atom is 0.240 e. The van der Waals surface area contributed by atoms with Crippen molar-refractivity contribution >= 4 is 21.4 Å². The Morgan fingerprint density at radius 3 is 2.70 bits per heavy atom. The number of aryl methyl sites for hydroxylation is 2. The Labute approximate surface area is 122 Å². The van der Waals surface area contributed by atoms with Gasteiger partial charge >= 0.3 is 0 Å². The zero-order valence-electron chi connectivity index (χ0n) is 11.3. The number of nitrogens with one attached hydrogen (secondary N) is 1. The van der Waals surface area contributed by atoms with Gasteiger partial charge in [-0.2, -0.15) is 0 Å². The average molecular weight is 312 g/mol. The molecule has 0 aliphatic carbocycles. The second kappa shape index (κ2) is 6.01. The van der Waals surface area contributed by atoms with E-state index in [0.29, 0.717) is 5.56 Å². The Kier molecular flexibility index (Phi) is 4.54. The molecule has 1 heterocycles. The van der Waals surface area contributed by atoms with Gasteiger partial charge < -0.3 is 5.11 Å². The SMILES string of the molecule is Cc1ncc(CNS(=O)(=O)c2ccc(C)c(CO)c2)s1. The van der Waals surface area contributed by atoms with Crippen LogP contribution in [-0.4, -0.2) is 18.5 Å².